The highest BCUT2D eigenvalue weighted by molar-refractivity contribution is 5.94. The minimum absolute atomic E-state index is 0.0442. The number of hydrogen-bond donors (Lipinski definition) is 2. The number of nitrogens with one attached hydrogen (secondary N) is 1. The Labute approximate surface area is 118 Å². The third-order valence-electron chi connectivity index (χ3n) is 3.95. The molecule has 20 heavy (non-hydrogen) atoms. The second-order valence-corrected chi connectivity index (χ2v) is 5.21. The number of benzene rings is 1. The zero-order valence-electron chi connectivity index (χ0n) is 11.7. The van der Waals surface area contributed by atoms with Crippen LogP contribution in [0.2, 0.25) is 0 Å². The van der Waals surface area contributed by atoms with Crippen LogP contribution in [0, 0.1) is 11.7 Å². The topological polar surface area (TPSA) is 64.3 Å². The molecule has 2 rings (SSSR count). The van der Waals surface area contributed by atoms with Crippen molar-refractivity contribution >= 4 is 5.91 Å². The Hall–Kier alpha value is -1.62. The Morgan fingerprint density at radius 1 is 1.45 bits per heavy atom. The molecule has 0 aliphatic heterocycles. The number of nitrogens with two attached hydrogens (primary N) is 1. The molecular weight excluding hydrogens is 259 g/mol. The van der Waals surface area contributed by atoms with Crippen molar-refractivity contribution in [3.05, 3.63) is 29.6 Å². The first-order chi connectivity index (χ1) is 9.65. The molecule has 110 valence electrons. The van der Waals surface area contributed by atoms with Gasteiger partial charge in [-0.1, -0.05) is 12.8 Å². The molecule has 0 radical (unpaired) electrons. The molecule has 0 saturated heterocycles. The van der Waals surface area contributed by atoms with Crippen LogP contribution in [0.5, 0.6) is 5.75 Å². The number of halogens is 1. The first-order valence-corrected chi connectivity index (χ1v) is 7.00. The molecule has 2 unspecified atom stereocenters. The average Bonchev–Trinajstić information content (AvgIpc) is 2.47. The quantitative estimate of drug-likeness (QED) is 0.887. The van der Waals surface area contributed by atoms with E-state index in [0.717, 1.165) is 25.7 Å². The number of carbonyl (C=O) groups is 1. The molecular formula is C15H21FN2O2. The summed E-state index contributed by atoms with van der Waals surface area (Å²) in [4.78, 5) is 12.2. The number of carbonyl (C=O) groups excluding carboxylic acids is 1. The lowest BCUT2D eigenvalue weighted by molar-refractivity contribution is 0.0904. The minimum atomic E-state index is -0.568. The van der Waals surface area contributed by atoms with Gasteiger partial charge in [0, 0.05) is 12.1 Å². The van der Waals surface area contributed by atoms with Gasteiger partial charge in [0.25, 0.3) is 5.91 Å². The molecule has 5 heteroatoms. The van der Waals surface area contributed by atoms with E-state index >= 15 is 0 Å². The van der Waals surface area contributed by atoms with E-state index in [1.165, 1.54) is 19.2 Å². The van der Waals surface area contributed by atoms with Gasteiger partial charge in [-0.05, 0) is 37.4 Å². The van der Waals surface area contributed by atoms with Gasteiger partial charge in [0.1, 0.15) is 11.6 Å². The number of amides is 1. The number of ether oxygens (including phenoxy) is 1. The lowest BCUT2D eigenvalue weighted by Crippen LogP contribution is -2.44. The van der Waals surface area contributed by atoms with E-state index in [2.05, 4.69) is 5.32 Å². The molecule has 1 aromatic carbocycles. The fourth-order valence-electron chi connectivity index (χ4n) is 2.73. The predicted molar refractivity (Wildman–Crippen MR) is 75.2 cm³/mol. The largest absolute Gasteiger partial charge is 0.497 e. The summed E-state index contributed by atoms with van der Waals surface area (Å²) in [6.07, 6.45) is 4.15. The monoisotopic (exact) mass is 280 g/mol. The summed E-state index contributed by atoms with van der Waals surface area (Å²) in [6.45, 7) is 0.552. The number of hydrogen-bond acceptors (Lipinski definition) is 3. The van der Waals surface area contributed by atoms with E-state index in [1.54, 1.807) is 6.07 Å². The molecule has 1 aliphatic rings. The minimum Gasteiger partial charge on any atom is -0.497 e. The molecule has 3 N–H and O–H groups in total. The van der Waals surface area contributed by atoms with E-state index in [-0.39, 0.29) is 23.4 Å². The van der Waals surface area contributed by atoms with Crippen molar-refractivity contribution in [1.29, 1.82) is 0 Å². The van der Waals surface area contributed by atoms with Crippen LogP contribution in [0.4, 0.5) is 4.39 Å². The third-order valence-corrected chi connectivity index (χ3v) is 3.95. The second-order valence-electron chi connectivity index (χ2n) is 5.21. The van der Waals surface area contributed by atoms with Crippen molar-refractivity contribution in [3.8, 4) is 5.75 Å². The Balaban J connectivity index is 2.07. The Morgan fingerprint density at radius 3 is 2.85 bits per heavy atom. The molecule has 1 saturated carbocycles. The van der Waals surface area contributed by atoms with Gasteiger partial charge >= 0.3 is 0 Å². The lowest BCUT2D eigenvalue weighted by Gasteiger charge is -2.31. The van der Waals surface area contributed by atoms with Crippen LogP contribution in [-0.4, -0.2) is 25.6 Å². The lowest BCUT2D eigenvalue weighted by atomic mass is 9.84. The zero-order chi connectivity index (χ0) is 14.5. The van der Waals surface area contributed by atoms with Gasteiger partial charge in [-0.3, -0.25) is 4.79 Å². The van der Waals surface area contributed by atoms with Gasteiger partial charge in [0.15, 0.2) is 0 Å². The van der Waals surface area contributed by atoms with Crippen molar-refractivity contribution in [2.24, 2.45) is 11.7 Å². The molecule has 2 atom stereocenters. The molecule has 1 aliphatic carbocycles. The standard InChI is InChI=1S/C15H21FN2O2/c1-20-11-6-7-12(13(16)8-11)15(19)18-14-5-3-2-4-10(14)9-17/h6-8,10,14H,2-5,9,17H2,1H3,(H,18,19). The molecule has 0 spiro atoms. The van der Waals surface area contributed by atoms with Crippen molar-refractivity contribution in [2.45, 2.75) is 31.7 Å². The Morgan fingerprint density at radius 2 is 2.20 bits per heavy atom. The van der Waals surface area contributed by atoms with Gasteiger partial charge in [0.2, 0.25) is 0 Å². The summed E-state index contributed by atoms with van der Waals surface area (Å²) in [5.74, 6) is -0.261. The van der Waals surface area contributed by atoms with Gasteiger partial charge in [-0.25, -0.2) is 4.39 Å². The average molecular weight is 280 g/mol. The summed E-state index contributed by atoms with van der Waals surface area (Å²) < 4.78 is 18.8. The first kappa shape index (κ1) is 14.8. The van der Waals surface area contributed by atoms with E-state index in [9.17, 15) is 9.18 Å². The maximum Gasteiger partial charge on any atom is 0.254 e. The van der Waals surface area contributed by atoms with E-state index in [1.807, 2.05) is 0 Å². The molecule has 1 aromatic rings. The van der Waals surface area contributed by atoms with Gasteiger partial charge in [-0.2, -0.15) is 0 Å². The molecule has 4 nitrogen and oxygen atoms in total. The Bertz CT molecular complexity index is 479. The molecule has 0 bridgehead atoms. The smallest absolute Gasteiger partial charge is 0.254 e. The molecule has 0 aromatic heterocycles. The van der Waals surface area contributed by atoms with E-state index < -0.39 is 5.82 Å². The predicted octanol–water partition coefficient (Wildman–Crippen LogP) is 2.08. The Kier molecular flexibility index (Phi) is 4.95. The van der Waals surface area contributed by atoms with Crippen LogP contribution < -0.4 is 15.8 Å². The fraction of sp³-hybridized carbons (Fsp3) is 0.533. The van der Waals surface area contributed by atoms with Crippen molar-refractivity contribution in [1.82, 2.24) is 5.32 Å². The molecule has 1 fully saturated rings. The van der Waals surface area contributed by atoms with Crippen LogP contribution in [0.25, 0.3) is 0 Å². The summed E-state index contributed by atoms with van der Waals surface area (Å²) in [5.41, 5.74) is 5.78. The van der Waals surface area contributed by atoms with Crippen LogP contribution in [0.3, 0.4) is 0 Å². The van der Waals surface area contributed by atoms with Crippen LogP contribution in [0.1, 0.15) is 36.0 Å². The normalized spacial score (nSPS) is 22.4. The first-order valence-electron chi connectivity index (χ1n) is 7.00. The number of methoxy groups -OCH3 is 1. The highest BCUT2D eigenvalue weighted by Gasteiger charge is 2.26. The highest BCUT2D eigenvalue weighted by Crippen LogP contribution is 2.24. The van der Waals surface area contributed by atoms with Crippen LogP contribution in [-0.2, 0) is 0 Å². The maximum absolute atomic E-state index is 13.9. The molecule has 0 heterocycles. The van der Waals surface area contributed by atoms with E-state index in [4.69, 9.17) is 10.5 Å². The zero-order valence-corrected chi connectivity index (χ0v) is 11.7. The van der Waals surface area contributed by atoms with Gasteiger partial charge < -0.3 is 15.8 Å². The fourth-order valence-corrected chi connectivity index (χ4v) is 2.73. The second kappa shape index (κ2) is 6.70. The highest BCUT2D eigenvalue weighted by atomic mass is 19.1. The van der Waals surface area contributed by atoms with Crippen molar-refractivity contribution in [3.63, 3.8) is 0 Å². The third kappa shape index (κ3) is 3.28. The summed E-state index contributed by atoms with van der Waals surface area (Å²) in [5, 5.41) is 2.91. The van der Waals surface area contributed by atoms with Crippen molar-refractivity contribution in [2.75, 3.05) is 13.7 Å². The van der Waals surface area contributed by atoms with E-state index in [0.29, 0.717) is 12.3 Å². The summed E-state index contributed by atoms with van der Waals surface area (Å²) in [7, 11) is 1.46. The number of rotatable bonds is 4. The molecule has 1 amide bonds. The van der Waals surface area contributed by atoms with Gasteiger partial charge in [-0.15, -0.1) is 0 Å². The maximum atomic E-state index is 13.9. The van der Waals surface area contributed by atoms with Gasteiger partial charge in [0.05, 0.1) is 12.7 Å². The summed E-state index contributed by atoms with van der Waals surface area (Å²) >= 11 is 0. The van der Waals surface area contributed by atoms with Crippen LogP contribution >= 0.6 is 0 Å². The summed E-state index contributed by atoms with van der Waals surface area (Å²) in [6, 6.07) is 4.29. The SMILES string of the molecule is COc1ccc(C(=O)NC2CCCCC2CN)c(F)c1. The van der Waals surface area contributed by atoms with Crippen molar-refractivity contribution < 1.29 is 13.9 Å². The van der Waals surface area contributed by atoms with Crippen LogP contribution in [0.15, 0.2) is 18.2 Å².